The average molecular weight is 346 g/mol. The van der Waals surface area contributed by atoms with E-state index in [0.29, 0.717) is 37.6 Å². The van der Waals surface area contributed by atoms with Gasteiger partial charge >= 0.3 is 0 Å². The molecular weight excluding hydrogens is 316 g/mol. The molecule has 5 heteroatoms. The Morgan fingerprint density at radius 2 is 2.00 bits per heavy atom. The number of hydrogen-bond acceptors (Lipinski definition) is 4. The lowest BCUT2D eigenvalue weighted by Gasteiger charge is -2.43. The van der Waals surface area contributed by atoms with Gasteiger partial charge in [0, 0.05) is 25.6 Å². The molecule has 2 atom stereocenters. The SMILES string of the molecule is COCCOc1cccc(CNC(=O)C2CC3CCCC(C2)C3N)c1. The summed E-state index contributed by atoms with van der Waals surface area (Å²) in [5.74, 6) is 2.16. The first-order chi connectivity index (χ1) is 12.2. The summed E-state index contributed by atoms with van der Waals surface area (Å²) in [4.78, 5) is 12.6. The van der Waals surface area contributed by atoms with E-state index in [-0.39, 0.29) is 11.8 Å². The van der Waals surface area contributed by atoms with E-state index >= 15 is 0 Å². The molecule has 0 radical (unpaired) electrons. The Morgan fingerprint density at radius 1 is 1.24 bits per heavy atom. The topological polar surface area (TPSA) is 73.6 Å². The third-order valence-corrected chi connectivity index (χ3v) is 5.71. The summed E-state index contributed by atoms with van der Waals surface area (Å²) in [5.41, 5.74) is 7.38. The minimum atomic E-state index is 0.122. The summed E-state index contributed by atoms with van der Waals surface area (Å²) in [6.45, 7) is 1.63. The number of nitrogens with one attached hydrogen (secondary N) is 1. The van der Waals surface area contributed by atoms with E-state index in [1.165, 1.54) is 19.3 Å². The summed E-state index contributed by atoms with van der Waals surface area (Å²) in [7, 11) is 1.65. The van der Waals surface area contributed by atoms with Crippen molar-refractivity contribution in [2.45, 2.75) is 44.7 Å². The van der Waals surface area contributed by atoms with E-state index in [0.717, 1.165) is 24.2 Å². The fraction of sp³-hybridized carbons (Fsp3) is 0.650. The fourth-order valence-electron chi connectivity index (χ4n) is 4.32. The molecule has 2 aliphatic carbocycles. The van der Waals surface area contributed by atoms with Gasteiger partial charge in [0.2, 0.25) is 5.91 Å². The Balaban J connectivity index is 1.50. The van der Waals surface area contributed by atoms with Gasteiger partial charge in [-0.15, -0.1) is 0 Å². The largest absolute Gasteiger partial charge is 0.491 e. The molecule has 2 saturated carbocycles. The van der Waals surface area contributed by atoms with Crippen molar-refractivity contribution >= 4 is 5.91 Å². The molecule has 2 bridgehead atoms. The molecule has 0 saturated heterocycles. The number of benzene rings is 1. The molecule has 2 fully saturated rings. The number of methoxy groups -OCH3 is 1. The molecule has 2 unspecified atom stereocenters. The van der Waals surface area contributed by atoms with Crippen molar-refractivity contribution < 1.29 is 14.3 Å². The zero-order chi connectivity index (χ0) is 17.6. The van der Waals surface area contributed by atoms with Crippen LogP contribution in [-0.4, -0.2) is 32.3 Å². The van der Waals surface area contributed by atoms with Gasteiger partial charge in [-0.3, -0.25) is 4.79 Å². The molecule has 138 valence electrons. The van der Waals surface area contributed by atoms with Crippen molar-refractivity contribution in [1.29, 1.82) is 0 Å². The molecule has 0 aromatic heterocycles. The van der Waals surface area contributed by atoms with Gasteiger partial charge in [0.05, 0.1) is 6.61 Å². The standard InChI is InChI=1S/C20H30N2O3/c1-24-8-9-25-18-7-2-4-14(10-18)13-22-20(23)17-11-15-5-3-6-16(12-17)19(15)21/h2,4,7,10,15-17,19H,3,5-6,8-9,11-13,21H2,1H3,(H,22,23). The number of rotatable bonds is 7. The maximum Gasteiger partial charge on any atom is 0.223 e. The van der Waals surface area contributed by atoms with Crippen LogP contribution in [0.25, 0.3) is 0 Å². The number of carbonyl (C=O) groups is 1. The van der Waals surface area contributed by atoms with Crippen molar-refractivity contribution in [1.82, 2.24) is 5.32 Å². The summed E-state index contributed by atoms with van der Waals surface area (Å²) >= 11 is 0. The van der Waals surface area contributed by atoms with Crippen LogP contribution in [0.2, 0.25) is 0 Å². The van der Waals surface area contributed by atoms with Gasteiger partial charge in [-0.2, -0.15) is 0 Å². The van der Waals surface area contributed by atoms with E-state index in [1.807, 2.05) is 24.3 Å². The van der Waals surface area contributed by atoms with Gasteiger partial charge in [-0.1, -0.05) is 18.6 Å². The second kappa shape index (κ2) is 8.68. The quantitative estimate of drug-likeness (QED) is 0.744. The van der Waals surface area contributed by atoms with Gasteiger partial charge in [-0.25, -0.2) is 0 Å². The molecule has 1 aromatic rings. The highest BCUT2D eigenvalue weighted by Gasteiger charge is 2.40. The van der Waals surface area contributed by atoms with Crippen LogP contribution in [0.3, 0.4) is 0 Å². The van der Waals surface area contributed by atoms with Crippen molar-refractivity contribution in [3.05, 3.63) is 29.8 Å². The number of fused-ring (bicyclic) bond motifs is 2. The molecule has 0 aliphatic heterocycles. The Morgan fingerprint density at radius 3 is 2.72 bits per heavy atom. The number of hydrogen-bond donors (Lipinski definition) is 2. The summed E-state index contributed by atoms with van der Waals surface area (Å²) in [5, 5.41) is 3.11. The molecule has 3 N–H and O–H groups in total. The second-order valence-corrected chi connectivity index (χ2v) is 7.40. The van der Waals surface area contributed by atoms with E-state index in [4.69, 9.17) is 15.2 Å². The number of nitrogens with two attached hydrogens (primary N) is 1. The Labute approximate surface area is 150 Å². The molecule has 0 spiro atoms. The summed E-state index contributed by atoms with van der Waals surface area (Å²) < 4.78 is 10.6. The fourth-order valence-corrected chi connectivity index (χ4v) is 4.32. The van der Waals surface area contributed by atoms with E-state index in [9.17, 15) is 4.79 Å². The Hall–Kier alpha value is -1.59. The van der Waals surface area contributed by atoms with Crippen molar-refractivity contribution in [3.8, 4) is 5.75 Å². The predicted molar refractivity (Wildman–Crippen MR) is 97.2 cm³/mol. The highest BCUT2D eigenvalue weighted by Crippen LogP contribution is 2.41. The van der Waals surface area contributed by atoms with Crippen LogP contribution in [-0.2, 0) is 16.1 Å². The lowest BCUT2D eigenvalue weighted by Crippen LogP contribution is -2.49. The van der Waals surface area contributed by atoms with Gasteiger partial charge < -0.3 is 20.5 Å². The zero-order valence-corrected chi connectivity index (χ0v) is 15.1. The molecule has 25 heavy (non-hydrogen) atoms. The molecule has 5 nitrogen and oxygen atoms in total. The van der Waals surface area contributed by atoms with Crippen LogP contribution in [0, 0.1) is 17.8 Å². The highest BCUT2D eigenvalue weighted by atomic mass is 16.5. The first-order valence-corrected chi connectivity index (χ1v) is 9.41. The maximum atomic E-state index is 12.6. The van der Waals surface area contributed by atoms with Crippen LogP contribution in [0.5, 0.6) is 5.75 Å². The van der Waals surface area contributed by atoms with Crippen LogP contribution in [0.15, 0.2) is 24.3 Å². The molecular formula is C20H30N2O3. The van der Waals surface area contributed by atoms with E-state index < -0.39 is 0 Å². The monoisotopic (exact) mass is 346 g/mol. The minimum absolute atomic E-state index is 0.122. The van der Waals surface area contributed by atoms with E-state index in [2.05, 4.69) is 5.32 Å². The average Bonchev–Trinajstić information content (AvgIpc) is 2.60. The Kier molecular flexibility index (Phi) is 6.32. The molecule has 1 amide bonds. The summed E-state index contributed by atoms with van der Waals surface area (Å²) in [6.07, 6.45) is 5.53. The minimum Gasteiger partial charge on any atom is -0.491 e. The number of ether oxygens (including phenoxy) is 2. The van der Waals surface area contributed by atoms with Crippen molar-refractivity contribution in [2.75, 3.05) is 20.3 Å². The number of carbonyl (C=O) groups excluding carboxylic acids is 1. The maximum absolute atomic E-state index is 12.6. The van der Waals surface area contributed by atoms with Gasteiger partial charge in [0.1, 0.15) is 12.4 Å². The molecule has 1 aromatic carbocycles. The van der Waals surface area contributed by atoms with Crippen molar-refractivity contribution in [3.63, 3.8) is 0 Å². The Bertz CT molecular complexity index is 564. The number of amides is 1. The second-order valence-electron chi connectivity index (χ2n) is 7.40. The smallest absolute Gasteiger partial charge is 0.223 e. The summed E-state index contributed by atoms with van der Waals surface area (Å²) in [6, 6.07) is 8.16. The predicted octanol–water partition coefficient (Wildman–Crippen LogP) is 2.48. The molecule has 0 heterocycles. The normalized spacial score (nSPS) is 28.4. The highest BCUT2D eigenvalue weighted by molar-refractivity contribution is 5.78. The van der Waals surface area contributed by atoms with Gasteiger partial charge in [-0.05, 0) is 55.2 Å². The van der Waals surface area contributed by atoms with E-state index in [1.54, 1.807) is 7.11 Å². The third-order valence-electron chi connectivity index (χ3n) is 5.71. The first-order valence-electron chi connectivity index (χ1n) is 9.41. The molecule has 3 rings (SSSR count). The van der Waals surface area contributed by atoms with Crippen LogP contribution < -0.4 is 15.8 Å². The zero-order valence-electron chi connectivity index (χ0n) is 15.1. The van der Waals surface area contributed by atoms with Gasteiger partial charge in [0.15, 0.2) is 0 Å². The van der Waals surface area contributed by atoms with Gasteiger partial charge in [0.25, 0.3) is 0 Å². The van der Waals surface area contributed by atoms with Crippen LogP contribution in [0.4, 0.5) is 0 Å². The lowest BCUT2D eigenvalue weighted by molar-refractivity contribution is -0.128. The van der Waals surface area contributed by atoms with Crippen LogP contribution >= 0.6 is 0 Å². The lowest BCUT2D eigenvalue weighted by atomic mass is 9.65. The van der Waals surface area contributed by atoms with Crippen LogP contribution in [0.1, 0.15) is 37.7 Å². The molecule has 2 aliphatic rings. The van der Waals surface area contributed by atoms with Crippen molar-refractivity contribution in [2.24, 2.45) is 23.5 Å². The first kappa shape index (κ1) is 18.2. The third kappa shape index (κ3) is 4.73.